The number of amides is 1. The largest absolute Gasteiger partial charge is 0.397 e. The Hall–Kier alpha value is -2.28. The average molecular weight is 310 g/mol. The fraction of sp³-hybridized carbons (Fsp3) is 0.308. The first-order valence-corrected chi connectivity index (χ1v) is 6.78. The van der Waals surface area contributed by atoms with Crippen LogP contribution in [0.15, 0.2) is 29.3 Å². The van der Waals surface area contributed by atoms with E-state index in [4.69, 9.17) is 17.3 Å². The predicted molar refractivity (Wildman–Crippen MR) is 81.2 cm³/mol. The van der Waals surface area contributed by atoms with Crippen LogP contribution < -0.4 is 16.7 Å². The number of carbonyl (C=O) groups excluding carboxylic acids is 1. The third-order valence-corrected chi connectivity index (χ3v) is 3.28. The number of nitrogens with zero attached hydrogens (tertiary/aromatic N) is 3. The SMILES string of the molecule is Cn1cnn(CCCC(=O)Nc2ccc(Cl)c(N)c2)c1=O. The maximum Gasteiger partial charge on any atom is 0.345 e. The first-order chi connectivity index (χ1) is 9.97. The molecule has 0 aliphatic rings. The van der Waals surface area contributed by atoms with E-state index in [2.05, 4.69) is 10.4 Å². The first-order valence-electron chi connectivity index (χ1n) is 6.40. The van der Waals surface area contributed by atoms with Crippen LogP contribution in [0.3, 0.4) is 0 Å². The molecule has 0 aliphatic carbocycles. The van der Waals surface area contributed by atoms with Crippen LogP contribution in [0.25, 0.3) is 0 Å². The molecule has 112 valence electrons. The van der Waals surface area contributed by atoms with Gasteiger partial charge in [-0.05, 0) is 24.6 Å². The molecule has 3 N–H and O–H groups in total. The molecule has 0 bridgehead atoms. The van der Waals surface area contributed by atoms with Gasteiger partial charge in [-0.25, -0.2) is 9.48 Å². The number of aromatic nitrogens is 3. The molecule has 21 heavy (non-hydrogen) atoms. The highest BCUT2D eigenvalue weighted by molar-refractivity contribution is 6.33. The van der Waals surface area contributed by atoms with E-state index in [1.165, 1.54) is 15.6 Å². The van der Waals surface area contributed by atoms with E-state index in [1.54, 1.807) is 25.2 Å². The van der Waals surface area contributed by atoms with Crippen LogP contribution in [0.5, 0.6) is 0 Å². The van der Waals surface area contributed by atoms with Crippen molar-refractivity contribution in [3.8, 4) is 0 Å². The molecule has 0 aliphatic heterocycles. The van der Waals surface area contributed by atoms with E-state index in [0.29, 0.717) is 29.4 Å². The maximum absolute atomic E-state index is 11.8. The van der Waals surface area contributed by atoms with Crippen molar-refractivity contribution in [2.45, 2.75) is 19.4 Å². The summed E-state index contributed by atoms with van der Waals surface area (Å²) in [6.45, 7) is 0.399. The average Bonchev–Trinajstić information content (AvgIpc) is 2.75. The monoisotopic (exact) mass is 309 g/mol. The zero-order valence-electron chi connectivity index (χ0n) is 11.5. The molecular formula is C13H16ClN5O2. The van der Waals surface area contributed by atoms with Crippen LogP contribution in [0.1, 0.15) is 12.8 Å². The maximum atomic E-state index is 11.8. The molecule has 1 amide bonds. The van der Waals surface area contributed by atoms with Crippen molar-refractivity contribution >= 4 is 28.9 Å². The van der Waals surface area contributed by atoms with Gasteiger partial charge in [-0.3, -0.25) is 9.36 Å². The number of halogens is 1. The van der Waals surface area contributed by atoms with E-state index in [1.807, 2.05) is 0 Å². The first kappa shape index (κ1) is 15.1. The Morgan fingerprint density at radius 1 is 1.48 bits per heavy atom. The molecule has 0 fully saturated rings. The minimum absolute atomic E-state index is 0.152. The number of aryl methyl sites for hydroxylation is 2. The quantitative estimate of drug-likeness (QED) is 0.812. The summed E-state index contributed by atoms with van der Waals surface area (Å²) in [6.07, 6.45) is 2.25. The highest BCUT2D eigenvalue weighted by Crippen LogP contribution is 2.22. The number of hydrogen-bond donors (Lipinski definition) is 2. The van der Waals surface area contributed by atoms with Gasteiger partial charge in [-0.2, -0.15) is 5.10 Å². The number of carbonyl (C=O) groups is 1. The van der Waals surface area contributed by atoms with Gasteiger partial charge < -0.3 is 11.1 Å². The summed E-state index contributed by atoms with van der Waals surface area (Å²) in [6, 6.07) is 4.91. The lowest BCUT2D eigenvalue weighted by Crippen LogP contribution is -2.23. The number of nitrogens with two attached hydrogens (primary N) is 1. The fourth-order valence-electron chi connectivity index (χ4n) is 1.81. The van der Waals surface area contributed by atoms with Crippen LogP contribution in [0, 0.1) is 0 Å². The third-order valence-electron chi connectivity index (χ3n) is 2.94. The molecule has 0 spiro atoms. The van der Waals surface area contributed by atoms with Crippen molar-refractivity contribution in [1.82, 2.24) is 14.3 Å². The van der Waals surface area contributed by atoms with Gasteiger partial charge in [-0.15, -0.1) is 0 Å². The molecule has 7 nitrogen and oxygen atoms in total. The molecule has 2 aromatic rings. The lowest BCUT2D eigenvalue weighted by molar-refractivity contribution is -0.116. The zero-order valence-corrected chi connectivity index (χ0v) is 12.3. The van der Waals surface area contributed by atoms with E-state index in [0.717, 1.165) is 0 Å². The van der Waals surface area contributed by atoms with Gasteiger partial charge in [0.15, 0.2) is 0 Å². The molecular weight excluding hydrogens is 294 g/mol. The second-order valence-corrected chi connectivity index (χ2v) is 5.04. The van der Waals surface area contributed by atoms with Crippen molar-refractivity contribution in [2.75, 3.05) is 11.1 Å². The van der Waals surface area contributed by atoms with Crippen LogP contribution in [0.4, 0.5) is 11.4 Å². The number of hydrogen-bond acceptors (Lipinski definition) is 4. The zero-order chi connectivity index (χ0) is 15.4. The van der Waals surface area contributed by atoms with Gasteiger partial charge in [-0.1, -0.05) is 11.6 Å². The summed E-state index contributed by atoms with van der Waals surface area (Å²) in [5.41, 5.74) is 6.47. The summed E-state index contributed by atoms with van der Waals surface area (Å²) in [5, 5.41) is 7.09. The molecule has 1 aromatic heterocycles. The normalized spacial score (nSPS) is 10.6. The van der Waals surface area contributed by atoms with Gasteiger partial charge in [0.2, 0.25) is 5.91 Å². The van der Waals surface area contributed by atoms with Crippen LogP contribution in [-0.2, 0) is 18.4 Å². The predicted octanol–water partition coefficient (Wildman–Crippen LogP) is 1.24. The second-order valence-electron chi connectivity index (χ2n) is 4.64. The van der Waals surface area contributed by atoms with Gasteiger partial charge in [0.25, 0.3) is 0 Å². The molecule has 0 atom stereocenters. The fourth-order valence-corrected chi connectivity index (χ4v) is 1.93. The molecule has 1 aromatic carbocycles. The molecule has 0 radical (unpaired) electrons. The van der Waals surface area contributed by atoms with Crippen LogP contribution in [-0.4, -0.2) is 20.3 Å². The standard InChI is InChI=1S/C13H16ClN5O2/c1-18-8-16-19(13(18)21)6-2-3-12(20)17-9-4-5-10(14)11(15)7-9/h4-5,7-8H,2-3,6,15H2,1H3,(H,17,20). The lowest BCUT2D eigenvalue weighted by Gasteiger charge is -2.06. The minimum Gasteiger partial charge on any atom is -0.397 e. The van der Waals surface area contributed by atoms with E-state index in [9.17, 15) is 9.59 Å². The Balaban J connectivity index is 1.83. The number of anilines is 2. The Morgan fingerprint density at radius 2 is 2.24 bits per heavy atom. The molecule has 0 saturated carbocycles. The topological polar surface area (TPSA) is 94.9 Å². The van der Waals surface area contributed by atoms with Crippen molar-refractivity contribution in [3.05, 3.63) is 40.0 Å². The summed E-state index contributed by atoms with van der Waals surface area (Å²) in [5.74, 6) is -0.152. The molecule has 2 rings (SSSR count). The summed E-state index contributed by atoms with van der Waals surface area (Å²) in [7, 11) is 1.63. The van der Waals surface area contributed by atoms with Gasteiger partial charge in [0, 0.05) is 25.7 Å². The lowest BCUT2D eigenvalue weighted by atomic mass is 10.2. The second kappa shape index (κ2) is 6.45. The third kappa shape index (κ3) is 3.85. The molecule has 0 saturated heterocycles. The van der Waals surface area contributed by atoms with Gasteiger partial charge >= 0.3 is 5.69 Å². The van der Waals surface area contributed by atoms with E-state index in [-0.39, 0.29) is 18.0 Å². The number of nitrogens with one attached hydrogen (secondary N) is 1. The Bertz CT molecular complexity index is 707. The van der Waals surface area contributed by atoms with Crippen LogP contribution in [0.2, 0.25) is 5.02 Å². The molecule has 8 heteroatoms. The van der Waals surface area contributed by atoms with E-state index < -0.39 is 0 Å². The highest BCUT2D eigenvalue weighted by atomic mass is 35.5. The Labute approximate surface area is 126 Å². The van der Waals surface area contributed by atoms with Crippen LogP contribution >= 0.6 is 11.6 Å². The number of nitrogen functional groups attached to an aromatic ring is 1. The molecule has 1 heterocycles. The van der Waals surface area contributed by atoms with Gasteiger partial charge in [0.1, 0.15) is 6.33 Å². The number of rotatable bonds is 5. The van der Waals surface area contributed by atoms with Crippen molar-refractivity contribution in [1.29, 1.82) is 0 Å². The number of benzene rings is 1. The van der Waals surface area contributed by atoms with Crippen molar-refractivity contribution < 1.29 is 4.79 Å². The van der Waals surface area contributed by atoms with Gasteiger partial charge in [0.05, 0.1) is 10.7 Å². The summed E-state index contributed by atoms with van der Waals surface area (Å²) in [4.78, 5) is 23.3. The minimum atomic E-state index is -0.194. The molecule has 0 unspecified atom stereocenters. The Kier molecular flexibility index (Phi) is 4.64. The Morgan fingerprint density at radius 3 is 2.86 bits per heavy atom. The summed E-state index contributed by atoms with van der Waals surface area (Å²) >= 11 is 5.81. The summed E-state index contributed by atoms with van der Waals surface area (Å²) < 4.78 is 2.71. The van der Waals surface area contributed by atoms with Crippen molar-refractivity contribution in [3.63, 3.8) is 0 Å². The van der Waals surface area contributed by atoms with Crippen molar-refractivity contribution in [2.24, 2.45) is 7.05 Å². The smallest absolute Gasteiger partial charge is 0.345 e. The van der Waals surface area contributed by atoms with E-state index >= 15 is 0 Å². The highest BCUT2D eigenvalue weighted by Gasteiger charge is 2.06.